The highest BCUT2D eigenvalue weighted by Gasteiger charge is 2.15. The third kappa shape index (κ3) is 2.32. The molecule has 0 spiro atoms. The van der Waals surface area contributed by atoms with Crippen LogP contribution in [0.15, 0.2) is 55.0 Å². The van der Waals surface area contributed by atoms with E-state index in [4.69, 9.17) is 10.5 Å². The molecule has 0 saturated heterocycles. The Kier molecular flexibility index (Phi) is 3.31. The lowest BCUT2D eigenvalue weighted by molar-refractivity contribution is 0.415. The first kappa shape index (κ1) is 14.1. The molecule has 7 nitrogen and oxygen atoms in total. The summed E-state index contributed by atoms with van der Waals surface area (Å²) in [6, 6.07) is 11.5. The van der Waals surface area contributed by atoms with Gasteiger partial charge in [0.25, 0.3) is 0 Å². The number of fused-ring (bicyclic) bond motifs is 1. The van der Waals surface area contributed by atoms with E-state index in [0.29, 0.717) is 0 Å². The second kappa shape index (κ2) is 5.62. The second-order valence-electron chi connectivity index (χ2n) is 5.18. The number of anilines is 1. The van der Waals surface area contributed by atoms with Crippen molar-refractivity contribution < 1.29 is 4.74 Å². The summed E-state index contributed by atoms with van der Waals surface area (Å²) < 4.78 is 6.77. The second-order valence-corrected chi connectivity index (χ2v) is 5.18. The minimum atomic E-state index is 0.213. The Bertz CT molecular complexity index is 1010. The minimum absolute atomic E-state index is 0.213. The zero-order valence-corrected chi connectivity index (χ0v) is 12.9. The number of aromatic nitrogens is 5. The molecule has 0 aliphatic carbocycles. The molecule has 24 heavy (non-hydrogen) atoms. The summed E-state index contributed by atoms with van der Waals surface area (Å²) in [6.45, 7) is 0. The Hall–Kier alpha value is -3.48. The number of rotatable bonds is 3. The average Bonchev–Trinajstić information content (AvgIpc) is 3.06. The highest BCUT2D eigenvalue weighted by atomic mass is 16.5. The molecule has 2 N–H and O–H groups in total. The van der Waals surface area contributed by atoms with E-state index in [1.807, 2.05) is 36.4 Å². The first-order valence-corrected chi connectivity index (χ1v) is 7.32. The van der Waals surface area contributed by atoms with Crippen LogP contribution < -0.4 is 10.5 Å². The molecule has 0 saturated carbocycles. The quantitative estimate of drug-likeness (QED) is 0.624. The van der Waals surface area contributed by atoms with E-state index in [1.165, 1.54) is 0 Å². The molecule has 0 radical (unpaired) electrons. The van der Waals surface area contributed by atoms with Crippen LogP contribution in [0.3, 0.4) is 0 Å². The van der Waals surface area contributed by atoms with Crippen molar-refractivity contribution >= 4 is 11.5 Å². The van der Waals surface area contributed by atoms with Crippen LogP contribution in [0.5, 0.6) is 5.75 Å². The van der Waals surface area contributed by atoms with Crippen LogP contribution in [0.1, 0.15) is 0 Å². The van der Waals surface area contributed by atoms with E-state index in [2.05, 4.69) is 20.2 Å². The fourth-order valence-electron chi connectivity index (χ4n) is 2.60. The van der Waals surface area contributed by atoms with Gasteiger partial charge >= 0.3 is 0 Å². The first-order valence-electron chi connectivity index (χ1n) is 7.32. The predicted molar refractivity (Wildman–Crippen MR) is 90.4 cm³/mol. The summed E-state index contributed by atoms with van der Waals surface area (Å²) in [5.74, 6) is 1.00. The molecular weight excluding hydrogens is 304 g/mol. The monoisotopic (exact) mass is 318 g/mol. The third-order valence-electron chi connectivity index (χ3n) is 3.77. The average molecular weight is 318 g/mol. The van der Waals surface area contributed by atoms with E-state index in [0.717, 1.165) is 33.7 Å². The van der Waals surface area contributed by atoms with Gasteiger partial charge in [-0.05, 0) is 29.8 Å². The summed E-state index contributed by atoms with van der Waals surface area (Å²) >= 11 is 0. The van der Waals surface area contributed by atoms with Crippen molar-refractivity contribution in [3.63, 3.8) is 0 Å². The van der Waals surface area contributed by atoms with Crippen LogP contribution in [0.4, 0.5) is 5.95 Å². The van der Waals surface area contributed by atoms with E-state index in [1.54, 1.807) is 30.3 Å². The number of ether oxygens (including phenoxy) is 1. The highest BCUT2D eigenvalue weighted by Crippen LogP contribution is 2.33. The summed E-state index contributed by atoms with van der Waals surface area (Å²) in [5.41, 5.74) is 10.1. The van der Waals surface area contributed by atoms with Gasteiger partial charge in [-0.25, -0.2) is 9.97 Å². The molecule has 0 bridgehead atoms. The van der Waals surface area contributed by atoms with E-state index in [-0.39, 0.29) is 5.95 Å². The molecular formula is C17H14N6O. The minimum Gasteiger partial charge on any atom is -0.497 e. The molecule has 0 fully saturated rings. The van der Waals surface area contributed by atoms with Crippen molar-refractivity contribution in [1.82, 2.24) is 24.8 Å². The SMILES string of the molecule is COc1ccc(-c2cnc(N)nc2-c2cnn3ncccc23)cc1. The van der Waals surface area contributed by atoms with Gasteiger partial charge in [0.05, 0.1) is 24.5 Å². The third-order valence-corrected chi connectivity index (χ3v) is 3.77. The number of nitrogens with zero attached hydrogens (tertiary/aromatic N) is 5. The van der Waals surface area contributed by atoms with Gasteiger partial charge in [0, 0.05) is 23.5 Å². The van der Waals surface area contributed by atoms with Crippen LogP contribution in [0, 0.1) is 0 Å². The number of benzene rings is 1. The van der Waals surface area contributed by atoms with E-state index >= 15 is 0 Å². The maximum atomic E-state index is 5.82. The fraction of sp³-hybridized carbons (Fsp3) is 0.0588. The maximum absolute atomic E-state index is 5.82. The van der Waals surface area contributed by atoms with Gasteiger partial charge in [0.2, 0.25) is 5.95 Å². The molecule has 1 aromatic carbocycles. The van der Waals surface area contributed by atoms with E-state index in [9.17, 15) is 0 Å². The lowest BCUT2D eigenvalue weighted by Crippen LogP contribution is -1.99. The smallest absolute Gasteiger partial charge is 0.220 e. The molecule has 0 aliphatic heterocycles. The largest absolute Gasteiger partial charge is 0.497 e. The van der Waals surface area contributed by atoms with Gasteiger partial charge in [-0.3, -0.25) is 0 Å². The Morgan fingerprint density at radius 2 is 1.83 bits per heavy atom. The van der Waals surface area contributed by atoms with Crippen molar-refractivity contribution in [2.45, 2.75) is 0 Å². The van der Waals surface area contributed by atoms with Gasteiger partial charge < -0.3 is 10.5 Å². The molecule has 3 heterocycles. The van der Waals surface area contributed by atoms with Crippen molar-refractivity contribution in [3.05, 3.63) is 55.0 Å². The maximum Gasteiger partial charge on any atom is 0.220 e. The summed E-state index contributed by atoms with van der Waals surface area (Å²) in [5, 5.41) is 8.46. The number of methoxy groups -OCH3 is 1. The van der Waals surface area contributed by atoms with Crippen LogP contribution in [0.25, 0.3) is 27.9 Å². The molecule has 4 rings (SSSR count). The lowest BCUT2D eigenvalue weighted by atomic mass is 10.0. The predicted octanol–water partition coefficient (Wildman–Crippen LogP) is 2.44. The van der Waals surface area contributed by atoms with E-state index < -0.39 is 0 Å². The Balaban J connectivity index is 1.93. The van der Waals surface area contributed by atoms with Gasteiger partial charge in [0.15, 0.2) is 0 Å². The van der Waals surface area contributed by atoms with Crippen molar-refractivity contribution in [2.24, 2.45) is 0 Å². The molecule has 118 valence electrons. The molecule has 7 heteroatoms. The number of nitrogen functional groups attached to an aromatic ring is 1. The van der Waals surface area contributed by atoms with Gasteiger partial charge in [-0.1, -0.05) is 12.1 Å². The normalized spacial score (nSPS) is 10.9. The van der Waals surface area contributed by atoms with Gasteiger partial charge in [-0.2, -0.15) is 14.8 Å². The molecule has 0 unspecified atom stereocenters. The topological polar surface area (TPSA) is 91.2 Å². The molecule has 4 aromatic rings. The number of hydrogen-bond acceptors (Lipinski definition) is 6. The number of nitrogens with two attached hydrogens (primary N) is 1. The van der Waals surface area contributed by atoms with Crippen LogP contribution in [0.2, 0.25) is 0 Å². The Labute approximate surface area is 137 Å². The van der Waals surface area contributed by atoms with Crippen LogP contribution in [-0.4, -0.2) is 31.9 Å². The standard InChI is InChI=1S/C17H14N6O/c1-24-12-6-4-11(5-7-12)13-9-19-17(18)22-16(13)14-10-21-23-15(14)3-2-8-20-23/h2-10H,1H3,(H2,18,19,22). The van der Waals surface area contributed by atoms with Crippen LogP contribution in [-0.2, 0) is 0 Å². The van der Waals surface area contributed by atoms with Crippen LogP contribution >= 0.6 is 0 Å². The molecule has 0 amide bonds. The Morgan fingerprint density at radius 3 is 2.62 bits per heavy atom. The first-order chi connectivity index (χ1) is 11.8. The fourth-order valence-corrected chi connectivity index (χ4v) is 2.60. The van der Waals surface area contributed by atoms with Gasteiger partial charge in [-0.15, -0.1) is 0 Å². The zero-order valence-electron chi connectivity index (χ0n) is 12.9. The summed E-state index contributed by atoms with van der Waals surface area (Å²) in [6.07, 6.45) is 5.14. The van der Waals surface area contributed by atoms with Crippen molar-refractivity contribution in [2.75, 3.05) is 12.8 Å². The van der Waals surface area contributed by atoms with Gasteiger partial charge in [0.1, 0.15) is 5.75 Å². The van der Waals surface area contributed by atoms with Crippen molar-refractivity contribution in [1.29, 1.82) is 0 Å². The summed E-state index contributed by atoms with van der Waals surface area (Å²) in [4.78, 5) is 8.58. The molecule has 3 aromatic heterocycles. The number of hydrogen-bond donors (Lipinski definition) is 1. The zero-order chi connectivity index (χ0) is 16.5. The molecule has 0 atom stereocenters. The lowest BCUT2D eigenvalue weighted by Gasteiger charge is -2.09. The Morgan fingerprint density at radius 1 is 1.00 bits per heavy atom. The highest BCUT2D eigenvalue weighted by molar-refractivity contribution is 5.88. The summed E-state index contributed by atoms with van der Waals surface area (Å²) in [7, 11) is 1.64. The molecule has 0 aliphatic rings. The van der Waals surface area contributed by atoms with Crippen molar-refractivity contribution in [3.8, 4) is 28.1 Å².